The van der Waals surface area contributed by atoms with E-state index >= 15 is 0 Å². The van der Waals surface area contributed by atoms with E-state index in [4.69, 9.17) is 14.2 Å². The summed E-state index contributed by atoms with van der Waals surface area (Å²) in [5.74, 6) is -0.734. The van der Waals surface area contributed by atoms with Gasteiger partial charge in [0.25, 0.3) is 5.91 Å². The van der Waals surface area contributed by atoms with Crippen molar-refractivity contribution in [3.05, 3.63) is 29.8 Å². The summed E-state index contributed by atoms with van der Waals surface area (Å²) >= 11 is 0. The molecule has 2 rings (SSSR count). The molecule has 2 atom stereocenters. The second kappa shape index (κ2) is 8.08. The Morgan fingerprint density at radius 3 is 2.65 bits per heavy atom. The molecular weight excluding hydrogens is 298 g/mol. The summed E-state index contributed by atoms with van der Waals surface area (Å²) in [5, 5.41) is 0. The first-order chi connectivity index (χ1) is 11.1. The second-order valence-electron chi connectivity index (χ2n) is 5.53. The summed E-state index contributed by atoms with van der Waals surface area (Å²) in [6.45, 7) is 2.74. The van der Waals surface area contributed by atoms with Gasteiger partial charge >= 0.3 is 5.97 Å². The predicted octanol–water partition coefficient (Wildman–Crippen LogP) is 1.73. The molecule has 126 valence electrons. The number of amides is 1. The molecule has 1 aromatic rings. The van der Waals surface area contributed by atoms with Crippen molar-refractivity contribution >= 4 is 17.6 Å². The molecule has 1 heterocycles. The number of carbonyl (C=O) groups is 2. The summed E-state index contributed by atoms with van der Waals surface area (Å²) < 4.78 is 15.1. The van der Waals surface area contributed by atoms with Crippen molar-refractivity contribution in [1.29, 1.82) is 0 Å². The summed E-state index contributed by atoms with van der Waals surface area (Å²) in [5.41, 5.74) is 1.57. The third kappa shape index (κ3) is 3.89. The van der Waals surface area contributed by atoms with Crippen molar-refractivity contribution in [2.45, 2.75) is 25.3 Å². The summed E-state index contributed by atoms with van der Waals surface area (Å²) in [6.07, 6.45) is 0.535. The highest BCUT2D eigenvalue weighted by atomic mass is 16.5. The van der Waals surface area contributed by atoms with E-state index in [2.05, 4.69) is 0 Å². The Kier molecular flexibility index (Phi) is 6.12. The predicted molar refractivity (Wildman–Crippen MR) is 85.5 cm³/mol. The number of esters is 1. The van der Waals surface area contributed by atoms with Crippen LogP contribution in [0.3, 0.4) is 0 Å². The molecule has 0 saturated heterocycles. The van der Waals surface area contributed by atoms with Gasteiger partial charge in [0.05, 0.1) is 26.2 Å². The fraction of sp³-hybridized carbons (Fsp3) is 0.529. The van der Waals surface area contributed by atoms with Crippen LogP contribution in [0, 0.1) is 0 Å². The largest absolute Gasteiger partial charge is 0.469 e. The molecule has 1 aromatic carbocycles. The molecule has 2 unspecified atom stereocenters. The molecule has 0 N–H and O–H groups in total. The number of anilines is 1. The zero-order valence-electron chi connectivity index (χ0n) is 13.8. The first kappa shape index (κ1) is 17.4. The standard InChI is InChI=1S/C17H23NO5/c1-12-10-14(17(20)22-3)13-6-4-5-7-15(13)18(12)16(19)11-23-9-8-21-2/h4-7,12,14H,8-11H2,1-3H3. The average molecular weight is 321 g/mol. The fourth-order valence-electron chi connectivity index (χ4n) is 2.93. The molecule has 6 nitrogen and oxygen atoms in total. The van der Waals surface area contributed by atoms with Crippen molar-refractivity contribution in [2.75, 3.05) is 38.9 Å². The van der Waals surface area contributed by atoms with Gasteiger partial charge < -0.3 is 19.1 Å². The first-order valence-electron chi connectivity index (χ1n) is 7.65. The van der Waals surface area contributed by atoms with Crippen LogP contribution in [0.15, 0.2) is 24.3 Å². The van der Waals surface area contributed by atoms with E-state index in [0.717, 1.165) is 11.3 Å². The highest BCUT2D eigenvalue weighted by Crippen LogP contribution is 2.38. The van der Waals surface area contributed by atoms with Crippen LogP contribution in [0.1, 0.15) is 24.8 Å². The Bertz CT molecular complexity index is 560. The molecule has 23 heavy (non-hydrogen) atoms. The number of para-hydroxylation sites is 1. The zero-order chi connectivity index (χ0) is 16.8. The van der Waals surface area contributed by atoms with E-state index in [-0.39, 0.29) is 30.4 Å². The maximum Gasteiger partial charge on any atom is 0.313 e. The lowest BCUT2D eigenvalue weighted by atomic mass is 9.86. The molecule has 6 heteroatoms. The molecule has 0 aromatic heterocycles. The van der Waals surface area contributed by atoms with E-state index in [0.29, 0.717) is 19.6 Å². The number of carbonyl (C=O) groups excluding carboxylic acids is 2. The normalized spacial score (nSPS) is 20.0. The lowest BCUT2D eigenvalue weighted by Crippen LogP contribution is -2.46. The number of benzene rings is 1. The van der Waals surface area contributed by atoms with Crippen molar-refractivity contribution in [3.63, 3.8) is 0 Å². The van der Waals surface area contributed by atoms with Crippen LogP contribution >= 0.6 is 0 Å². The molecule has 1 amide bonds. The second-order valence-corrected chi connectivity index (χ2v) is 5.53. The molecule has 0 saturated carbocycles. The van der Waals surface area contributed by atoms with Crippen molar-refractivity contribution in [1.82, 2.24) is 0 Å². The number of hydrogen-bond donors (Lipinski definition) is 0. The van der Waals surface area contributed by atoms with E-state index < -0.39 is 0 Å². The third-order valence-corrected chi connectivity index (χ3v) is 4.00. The third-order valence-electron chi connectivity index (χ3n) is 4.00. The Hall–Kier alpha value is -1.92. The van der Waals surface area contributed by atoms with Gasteiger partial charge in [-0.25, -0.2) is 0 Å². The van der Waals surface area contributed by atoms with Crippen LogP contribution in [0.5, 0.6) is 0 Å². The van der Waals surface area contributed by atoms with Crippen LogP contribution in [0.2, 0.25) is 0 Å². The van der Waals surface area contributed by atoms with E-state index in [1.807, 2.05) is 31.2 Å². The summed E-state index contributed by atoms with van der Waals surface area (Å²) in [4.78, 5) is 26.3. The number of fused-ring (bicyclic) bond motifs is 1. The Balaban J connectivity index is 2.20. The van der Waals surface area contributed by atoms with Gasteiger partial charge in [0.2, 0.25) is 0 Å². The van der Waals surface area contributed by atoms with Crippen molar-refractivity contribution in [3.8, 4) is 0 Å². The molecule has 0 spiro atoms. The van der Waals surface area contributed by atoms with E-state index in [1.54, 1.807) is 12.0 Å². The van der Waals surface area contributed by atoms with E-state index in [1.165, 1.54) is 7.11 Å². The highest BCUT2D eigenvalue weighted by Gasteiger charge is 2.37. The van der Waals surface area contributed by atoms with Crippen LogP contribution in [0.4, 0.5) is 5.69 Å². The van der Waals surface area contributed by atoms with Crippen LogP contribution in [-0.2, 0) is 23.8 Å². The molecule has 0 fully saturated rings. The van der Waals surface area contributed by atoms with Gasteiger partial charge in [-0.15, -0.1) is 0 Å². The number of ether oxygens (including phenoxy) is 3. The molecule has 0 bridgehead atoms. The maximum atomic E-state index is 12.5. The number of nitrogens with zero attached hydrogens (tertiary/aromatic N) is 1. The monoisotopic (exact) mass is 321 g/mol. The van der Waals surface area contributed by atoms with Gasteiger partial charge in [-0.2, -0.15) is 0 Å². The van der Waals surface area contributed by atoms with Crippen molar-refractivity contribution in [2.24, 2.45) is 0 Å². The Morgan fingerprint density at radius 2 is 1.96 bits per heavy atom. The minimum Gasteiger partial charge on any atom is -0.469 e. The fourth-order valence-corrected chi connectivity index (χ4v) is 2.93. The topological polar surface area (TPSA) is 65.1 Å². The van der Waals surface area contributed by atoms with E-state index in [9.17, 15) is 9.59 Å². The van der Waals surface area contributed by atoms with Gasteiger partial charge in [-0.3, -0.25) is 9.59 Å². The molecular formula is C17H23NO5. The minimum absolute atomic E-state index is 0.00900. The maximum absolute atomic E-state index is 12.5. The minimum atomic E-state index is -0.343. The van der Waals surface area contributed by atoms with Crippen LogP contribution < -0.4 is 4.90 Å². The number of methoxy groups -OCH3 is 2. The Morgan fingerprint density at radius 1 is 1.22 bits per heavy atom. The van der Waals surface area contributed by atoms with Crippen molar-refractivity contribution < 1.29 is 23.8 Å². The van der Waals surface area contributed by atoms with Gasteiger partial charge in [0.1, 0.15) is 6.61 Å². The number of hydrogen-bond acceptors (Lipinski definition) is 5. The molecule has 1 aliphatic heterocycles. The molecule has 1 aliphatic rings. The lowest BCUT2D eigenvalue weighted by Gasteiger charge is -2.38. The number of rotatable bonds is 6. The quantitative estimate of drug-likeness (QED) is 0.590. The Labute approximate surface area is 136 Å². The van der Waals surface area contributed by atoms with Crippen LogP contribution in [-0.4, -0.2) is 52.0 Å². The van der Waals surface area contributed by atoms with Gasteiger partial charge in [0.15, 0.2) is 0 Å². The molecule has 0 aliphatic carbocycles. The SMILES string of the molecule is COCCOCC(=O)N1c2ccccc2C(C(=O)OC)CC1C. The van der Waals surface area contributed by atoms with Gasteiger partial charge in [-0.1, -0.05) is 18.2 Å². The van der Waals surface area contributed by atoms with Crippen LogP contribution in [0.25, 0.3) is 0 Å². The summed E-state index contributed by atoms with van der Waals surface area (Å²) in [7, 11) is 2.97. The highest BCUT2D eigenvalue weighted by molar-refractivity contribution is 5.97. The zero-order valence-corrected chi connectivity index (χ0v) is 13.8. The summed E-state index contributed by atoms with van der Waals surface area (Å²) in [6, 6.07) is 7.34. The van der Waals surface area contributed by atoms with Gasteiger partial charge in [0, 0.05) is 18.8 Å². The van der Waals surface area contributed by atoms with Gasteiger partial charge in [-0.05, 0) is 25.0 Å². The average Bonchev–Trinajstić information content (AvgIpc) is 2.57. The molecule has 0 radical (unpaired) electrons. The first-order valence-corrected chi connectivity index (χ1v) is 7.65. The lowest BCUT2D eigenvalue weighted by molar-refractivity contribution is -0.143. The smallest absolute Gasteiger partial charge is 0.313 e.